The molecule has 424 valence electrons. The topological polar surface area (TPSA) is 311 Å². The number of benzene rings is 6. The first-order valence-electron chi connectivity index (χ1n) is 26.5. The van der Waals surface area contributed by atoms with Gasteiger partial charge in [0.05, 0.1) is 24.4 Å². The fourth-order valence-electron chi connectivity index (χ4n) is 12.5. The summed E-state index contributed by atoms with van der Waals surface area (Å²) in [6.45, 7) is 5.62. The summed E-state index contributed by atoms with van der Waals surface area (Å²) in [6, 6.07) is 25.7. The molecule has 5 aliphatic rings. The number of nitrogens with one attached hydrogen (secondary N) is 6. The predicted molar refractivity (Wildman–Crippen MR) is 297 cm³/mol. The Hall–Kier alpha value is -8.44. The Kier molecular flexibility index (Phi) is 13.9. The molecule has 0 amide bonds. The Labute approximate surface area is 463 Å². The van der Waals surface area contributed by atoms with Crippen molar-refractivity contribution in [3.05, 3.63) is 107 Å². The van der Waals surface area contributed by atoms with E-state index in [-0.39, 0.29) is 26.4 Å². The van der Waals surface area contributed by atoms with Crippen LogP contribution >= 0.6 is 0 Å². The van der Waals surface area contributed by atoms with Crippen LogP contribution in [-0.2, 0) is 57.2 Å². The number of rotatable bonds is 16. The highest BCUT2D eigenvalue weighted by Gasteiger charge is 2.56. The second-order valence-corrected chi connectivity index (χ2v) is 21.8. The van der Waals surface area contributed by atoms with Gasteiger partial charge in [0.25, 0.3) is 0 Å². The molecule has 0 saturated heterocycles. The smallest absolute Gasteiger partial charge is 0.302 e. The van der Waals surface area contributed by atoms with Gasteiger partial charge in [0, 0.05) is 115 Å². The van der Waals surface area contributed by atoms with E-state index in [0.29, 0.717) is 67.2 Å². The zero-order chi connectivity index (χ0) is 57.4. The van der Waals surface area contributed by atoms with Gasteiger partial charge < -0.3 is 80.7 Å². The minimum atomic E-state index is -1.60. The van der Waals surface area contributed by atoms with Crippen LogP contribution in [0.25, 0.3) is 32.3 Å². The van der Waals surface area contributed by atoms with Crippen LogP contribution in [0.5, 0.6) is 0 Å². The zero-order valence-electron chi connectivity index (χ0n) is 45.1. The summed E-state index contributed by atoms with van der Waals surface area (Å²) in [5.74, 6) is -7.35. The minimum Gasteiger partial charge on any atom is -0.461 e. The molecule has 2 saturated carbocycles. The lowest BCUT2D eigenvalue weighted by Gasteiger charge is -2.51. The second-order valence-electron chi connectivity index (χ2n) is 21.8. The van der Waals surface area contributed by atoms with E-state index in [1.165, 1.54) is 41.5 Å². The molecule has 6 aromatic carbocycles. The number of ether oxygens (including phenoxy) is 6. The molecule has 2 aliphatic carbocycles. The van der Waals surface area contributed by atoms with Crippen molar-refractivity contribution >= 4 is 102 Å². The number of aliphatic hydroxyl groups is 4. The SMILES string of the molecule is CC(=O)OCC1(COC(C)=O)Nc2cccc3ccc(C4C(O)C(c5ccc6ccc(C7C(O)C(c8ccc9cccc%10c9c8NC(COC(C)=O)(COC(C)=O)N%10)C7O)c7c6c5NC(COC(C)=O)(COC(C)=O)N7)C4O)c(c23)N1. The van der Waals surface area contributed by atoms with Gasteiger partial charge in [-0.2, -0.15) is 0 Å². The summed E-state index contributed by atoms with van der Waals surface area (Å²) in [4.78, 5) is 74.0. The third kappa shape index (κ3) is 9.64. The highest BCUT2D eigenvalue weighted by Crippen LogP contribution is 2.59. The van der Waals surface area contributed by atoms with Crippen LogP contribution in [0.15, 0.2) is 84.9 Å². The number of esters is 6. The fourth-order valence-corrected chi connectivity index (χ4v) is 12.5. The standard InChI is InChI=1S/C59H62N6O16/c1-27(66)76-21-57(22-77-28(2)67)60-40-11-7-9-33-13-17-36(49(62-57)42(33)40)45-53(72)47(54(45)73)38-19-15-35-16-20-39(52-44(35)51(38)64-59(65-52,25-80-31(5)70)26-81-32(6)71)48-55(74)46(56(48)75)37-18-14-34-10-8-12-41-43(34)50(37)63-58(61-41,23-78-29(3)68)24-79-30(4)69/h7-20,45-48,53-56,60-65,72-75H,21-26H2,1-6H3. The van der Waals surface area contributed by atoms with Crippen LogP contribution in [0, 0.1) is 0 Å². The van der Waals surface area contributed by atoms with Crippen molar-refractivity contribution in [2.75, 3.05) is 71.5 Å². The molecule has 22 heteroatoms. The molecule has 0 radical (unpaired) electrons. The van der Waals surface area contributed by atoms with Crippen molar-refractivity contribution < 1.29 is 77.6 Å². The first-order valence-corrected chi connectivity index (χ1v) is 26.5. The van der Waals surface area contributed by atoms with E-state index in [1.807, 2.05) is 60.7 Å². The number of hydrogen-bond donors (Lipinski definition) is 10. The lowest BCUT2D eigenvalue weighted by Crippen LogP contribution is -2.58. The molecule has 3 heterocycles. The molecule has 10 N–H and O–H groups in total. The van der Waals surface area contributed by atoms with E-state index >= 15 is 0 Å². The molecule has 4 unspecified atom stereocenters. The molecular weight excluding hydrogens is 1050 g/mol. The zero-order valence-corrected chi connectivity index (χ0v) is 45.1. The normalized spacial score (nSPS) is 23.7. The summed E-state index contributed by atoms with van der Waals surface area (Å²) in [6.07, 6.45) is -5.03. The quantitative estimate of drug-likeness (QED) is 0.0432. The number of carbonyl (C=O) groups is 6. The highest BCUT2D eigenvalue weighted by molar-refractivity contribution is 6.10. The first-order chi connectivity index (χ1) is 38.6. The number of carbonyl (C=O) groups excluding carboxylic acids is 6. The summed E-state index contributed by atoms with van der Waals surface area (Å²) < 4.78 is 33.3. The van der Waals surface area contributed by atoms with Crippen molar-refractivity contribution in [2.24, 2.45) is 0 Å². The summed E-state index contributed by atoms with van der Waals surface area (Å²) in [5.41, 5.74) is 0.666. The predicted octanol–water partition coefficient (Wildman–Crippen LogP) is 5.33. The van der Waals surface area contributed by atoms with E-state index in [0.717, 1.165) is 21.5 Å². The van der Waals surface area contributed by atoms with Crippen molar-refractivity contribution in [2.45, 2.75) is 107 Å². The van der Waals surface area contributed by atoms with Crippen molar-refractivity contribution in [1.82, 2.24) is 0 Å². The average Bonchev–Trinajstić information content (AvgIpc) is 3.49. The van der Waals surface area contributed by atoms with Gasteiger partial charge >= 0.3 is 35.8 Å². The Bertz CT molecular complexity index is 3320. The molecule has 0 spiro atoms. The van der Waals surface area contributed by atoms with Crippen molar-refractivity contribution in [1.29, 1.82) is 0 Å². The maximum Gasteiger partial charge on any atom is 0.302 e. The molecule has 22 nitrogen and oxygen atoms in total. The largest absolute Gasteiger partial charge is 0.461 e. The fraction of sp³-hybridized carbons (Fsp3) is 0.390. The molecule has 3 aliphatic heterocycles. The molecular formula is C59H62N6O16. The number of aliphatic hydroxyl groups excluding tert-OH is 4. The molecule has 11 rings (SSSR count). The first kappa shape index (κ1) is 54.5. The monoisotopic (exact) mass is 1110 g/mol. The molecule has 4 atom stereocenters. The Balaban J connectivity index is 0.992. The van der Waals surface area contributed by atoms with Gasteiger partial charge in [-0.25, -0.2) is 0 Å². The molecule has 0 bridgehead atoms. The third-order valence-electron chi connectivity index (χ3n) is 16.1. The number of anilines is 6. The Morgan fingerprint density at radius 3 is 0.840 bits per heavy atom. The van der Waals surface area contributed by atoms with Crippen LogP contribution < -0.4 is 31.9 Å². The van der Waals surface area contributed by atoms with Crippen LogP contribution in [0.2, 0.25) is 0 Å². The van der Waals surface area contributed by atoms with E-state index in [4.69, 9.17) is 28.4 Å². The summed E-state index contributed by atoms with van der Waals surface area (Å²) in [7, 11) is 0. The number of hydrogen-bond acceptors (Lipinski definition) is 22. The summed E-state index contributed by atoms with van der Waals surface area (Å²) in [5, 5.41) is 75.2. The van der Waals surface area contributed by atoms with E-state index < -0.39 is 114 Å². The average molecular weight is 1110 g/mol. The maximum absolute atomic E-state index is 12.6. The van der Waals surface area contributed by atoms with E-state index in [9.17, 15) is 49.2 Å². The summed E-state index contributed by atoms with van der Waals surface area (Å²) >= 11 is 0. The third-order valence-corrected chi connectivity index (χ3v) is 16.1. The molecule has 81 heavy (non-hydrogen) atoms. The van der Waals surface area contributed by atoms with Gasteiger partial charge in [-0.05, 0) is 50.5 Å². The van der Waals surface area contributed by atoms with Gasteiger partial charge in [-0.15, -0.1) is 0 Å². The van der Waals surface area contributed by atoms with Gasteiger partial charge in [0.1, 0.15) is 39.6 Å². The van der Waals surface area contributed by atoms with Crippen LogP contribution in [0.1, 0.15) is 87.5 Å². The minimum absolute atomic E-state index is 0.264. The van der Waals surface area contributed by atoms with Crippen LogP contribution in [0.3, 0.4) is 0 Å². The molecule has 2 fully saturated rings. The Morgan fingerprint density at radius 1 is 0.346 bits per heavy atom. The van der Waals surface area contributed by atoms with E-state index in [1.54, 1.807) is 24.3 Å². The van der Waals surface area contributed by atoms with E-state index in [2.05, 4.69) is 31.9 Å². The van der Waals surface area contributed by atoms with Crippen LogP contribution in [0.4, 0.5) is 34.1 Å². The van der Waals surface area contributed by atoms with Crippen molar-refractivity contribution in [3.8, 4) is 0 Å². The lowest BCUT2D eigenvalue weighted by atomic mass is 9.61. The maximum atomic E-state index is 12.6. The molecule has 0 aromatic heterocycles. The Morgan fingerprint density at radius 2 is 0.580 bits per heavy atom. The van der Waals surface area contributed by atoms with Gasteiger partial charge in [0.15, 0.2) is 17.0 Å². The van der Waals surface area contributed by atoms with Gasteiger partial charge in [-0.3, -0.25) is 28.8 Å². The van der Waals surface area contributed by atoms with Gasteiger partial charge in [0.2, 0.25) is 0 Å². The van der Waals surface area contributed by atoms with Crippen LogP contribution in [-0.4, -0.2) is 137 Å². The highest BCUT2D eigenvalue weighted by atomic mass is 16.6. The molecule has 6 aromatic rings. The second kappa shape index (κ2) is 20.6. The van der Waals surface area contributed by atoms with Crippen molar-refractivity contribution in [3.63, 3.8) is 0 Å². The van der Waals surface area contributed by atoms with Gasteiger partial charge in [-0.1, -0.05) is 72.8 Å². The lowest BCUT2D eigenvalue weighted by molar-refractivity contribution is -0.147.